The molecule has 0 spiro atoms. The van der Waals surface area contributed by atoms with E-state index >= 15 is 0 Å². The van der Waals surface area contributed by atoms with Gasteiger partial charge in [-0.1, -0.05) is 35.1 Å². The lowest BCUT2D eigenvalue weighted by molar-refractivity contribution is -0.124. The molecule has 4 rings (SSSR count). The number of amides is 3. The molecule has 1 aliphatic heterocycles. The van der Waals surface area contributed by atoms with Crippen LogP contribution in [0, 0.1) is 0 Å². The Labute approximate surface area is 151 Å². The van der Waals surface area contributed by atoms with E-state index in [2.05, 4.69) is 20.7 Å². The van der Waals surface area contributed by atoms with Crippen LogP contribution in [0.5, 0.6) is 0 Å². The summed E-state index contributed by atoms with van der Waals surface area (Å²) in [6.45, 7) is 0.792. The molecule has 1 aliphatic rings. The minimum absolute atomic E-state index is 0.0668. The molecule has 0 aliphatic carbocycles. The fourth-order valence-corrected chi connectivity index (χ4v) is 3.42. The van der Waals surface area contributed by atoms with Crippen molar-refractivity contribution in [1.29, 1.82) is 0 Å². The first-order valence-corrected chi connectivity index (χ1v) is 8.74. The van der Waals surface area contributed by atoms with Gasteiger partial charge in [-0.3, -0.25) is 9.69 Å². The zero-order chi connectivity index (χ0) is 17.4. The normalized spacial score (nSPS) is 14.4. The number of anilines is 1. The summed E-state index contributed by atoms with van der Waals surface area (Å²) in [4.78, 5) is 29.4. The largest absolute Gasteiger partial charge is 0.358 e. The molecule has 128 valence electrons. The van der Waals surface area contributed by atoms with Gasteiger partial charge in [-0.05, 0) is 12.1 Å². The average Bonchev–Trinajstić information content (AvgIpc) is 3.24. The number of rotatable bonds is 5. The van der Waals surface area contributed by atoms with E-state index in [1.165, 1.54) is 16.2 Å². The lowest BCUT2D eigenvalue weighted by Gasteiger charge is -2.11. The predicted octanol–water partition coefficient (Wildman–Crippen LogP) is 2.07. The van der Waals surface area contributed by atoms with Gasteiger partial charge >= 0.3 is 6.03 Å². The summed E-state index contributed by atoms with van der Waals surface area (Å²) in [6.07, 6.45) is 1.84. The molecule has 3 amide bonds. The highest BCUT2D eigenvalue weighted by molar-refractivity contribution is 7.20. The molecule has 3 aromatic rings. The van der Waals surface area contributed by atoms with Crippen LogP contribution in [0.1, 0.15) is 0 Å². The van der Waals surface area contributed by atoms with E-state index in [1.54, 1.807) is 4.52 Å². The van der Waals surface area contributed by atoms with Crippen molar-refractivity contribution in [3.8, 4) is 11.3 Å². The van der Waals surface area contributed by atoms with Crippen LogP contribution in [0.3, 0.4) is 0 Å². The average molecular weight is 377 g/mol. The number of carbonyl (C=O) groups excluding carboxylic acids is 2. The minimum atomic E-state index is -0.353. The van der Waals surface area contributed by atoms with Crippen molar-refractivity contribution in [2.24, 2.45) is 0 Å². The van der Waals surface area contributed by atoms with Crippen molar-refractivity contribution < 1.29 is 9.59 Å². The third-order valence-corrected chi connectivity index (χ3v) is 4.86. The molecule has 1 saturated heterocycles. The van der Waals surface area contributed by atoms with Crippen LogP contribution in [-0.4, -0.2) is 51.1 Å². The zero-order valence-corrected chi connectivity index (χ0v) is 14.5. The van der Waals surface area contributed by atoms with Gasteiger partial charge in [-0.2, -0.15) is 0 Å². The maximum absolute atomic E-state index is 11.5. The summed E-state index contributed by atoms with van der Waals surface area (Å²) in [5, 5.41) is 11.4. The van der Waals surface area contributed by atoms with Crippen LogP contribution in [0.25, 0.3) is 16.2 Å². The maximum Gasteiger partial charge on any atom is 0.324 e. The Morgan fingerprint density at radius 1 is 1.28 bits per heavy atom. The molecule has 0 bridgehead atoms. The van der Waals surface area contributed by atoms with Crippen molar-refractivity contribution in [2.45, 2.75) is 0 Å². The number of nitrogens with one attached hydrogen (secondary N) is 2. The number of nitrogens with zero attached hydrogens (tertiary/aromatic N) is 4. The topological polar surface area (TPSA) is 91.6 Å². The molecule has 3 heterocycles. The predicted molar refractivity (Wildman–Crippen MR) is 94.9 cm³/mol. The van der Waals surface area contributed by atoms with Crippen molar-refractivity contribution in [2.75, 3.05) is 25.0 Å². The number of benzene rings is 1. The summed E-state index contributed by atoms with van der Waals surface area (Å²) in [7, 11) is 0. The van der Waals surface area contributed by atoms with Crippen LogP contribution in [0.4, 0.5) is 9.93 Å². The van der Waals surface area contributed by atoms with Crippen molar-refractivity contribution in [3.05, 3.63) is 35.5 Å². The fourth-order valence-electron chi connectivity index (χ4n) is 2.49. The van der Waals surface area contributed by atoms with E-state index < -0.39 is 0 Å². The molecular weight excluding hydrogens is 364 g/mol. The second-order valence-corrected chi connectivity index (χ2v) is 6.79. The summed E-state index contributed by atoms with van der Waals surface area (Å²) >= 11 is 7.30. The number of fused-ring (bicyclic) bond motifs is 1. The Morgan fingerprint density at radius 3 is 2.76 bits per heavy atom. The fraction of sp³-hybridized carbons (Fsp3) is 0.200. The monoisotopic (exact) mass is 376 g/mol. The maximum atomic E-state index is 11.5. The Balaban J connectivity index is 1.42. The molecule has 2 aromatic heterocycles. The van der Waals surface area contributed by atoms with Gasteiger partial charge in [0.05, 0.1) is 18.4 Å². The molecule has 0 saturated carbocycles. The second kappa shape index (κ2) is 6.34. The standard InChI is InChI=1S/C15H13ClN6O2S/c16-10-3-1-9(2-4-10)11-8-22-15(19-11)25-13(20-22)17-5-6-21-12(23)7-18-14(21)24/h1-4,8H,5-7H2,(H,17,20)(H,18,24). The summed E-state index contributed by atoms with van der Waals surface area (Å²) in [5.74, 6) is -0.214. The number of aromatic nitrogens is 3. The van der Waals surface area contributed by atoms with Crippen LogP contribution in [0.2, 0.25) is 5.02 Å². The van der Waals surface area contributed by atoms with E-state index in [1.807, 2.05) is 30.5 Å². The van der Waals surface area contributed by atoms with Crippen LogP contribution >= 0.6 is 22.9 Å². The van der Waals surface area contributed by atoms with Crippen molar-refractivity contribution in [1.82, 2.24) is 24.8 Å². The number of hydrogen-bond acceptors (Lipinski definition) is 6. The van der Waals surface area contributed by atoms with Gasteiger partial charge in [0.2, 0.25) is 16.0 Å². The molecule has 10 heteroatoms. The number of carbonyl (C=O) groups is 2. The summed E-state index contributed by atoms with van der Waals surface area (Å²) in [5.41, 5.74) is 1.79. The highest BCUT2D eigenvalue weighted by Crippen LogP contribution is 2.25. The first-order chi connectivity index (χ1) is 12.1. The number of imidazole rings is 1. The Kier molecular flexibility index (Phi) is 4.02. The number of halogens is 1. The van der Waals surface area contributed by atoms with Crippen LogP contribution < -0.4 is 10.6 Å². The Morgan fingerprint density at radius 2 is 2.08 bits per heavy atom. The first-order valence-electron chi connectivity index (χ1n) is 7.54. The zero-order valence-electron chi connectivity index (χ0n) is 12.9. The summed E-state index contributed by atoms with van der Waals surface area (Å²) < 4.78 is 1.70. The molecule has 25 heavy (non-hydrogen) atoms. The molecule has 0 atom stereocenters. The molecule has 0 radical (unpaired) electrons. The first kappa shape index (κ1) is 15.9. The van der Waals surface area contributed by atoms with Gasteiger partial charge in [0.1, 0.15) is 0 Å². The van der Waals surface area contributed by atoms with Crippen LogP contribution in [0.15, 0.2) is 30.5 Å². The van der Waals surface area contributed by atoms with Gasteiger partial charge in [0, 0.05) is 23.7 Å². The Hall–Kier alpha value is -2.65. The molecule has 1 aromatic carbocycles. The van der Waals surface area contributed by atoms with E-state index in [4.69, 9.17) is 11.6 Å². The van der Waals surface area contributed by atoms with Gasteiger partial charge in [0.25, 0.3) is 0 Å². The van der Waals surface area contributed by atoms with Crippen molar-refractivity contribution in [3.63, 3.8) is 0 Å². The van der Waals surface area contributed by atoms with Crippen molar-refractivity contribution >= 4 is 45.0 Å². The molecule has 1 fully saturated rings. The molecule has 0 unspecified atom stereocenters. The SMILES string of the molecule is O=C1CNC(=O)N1CCNc1nn2cc(-c3ccc(Cl)cc3)nc2s1. The minimum Gasteiger partial charge on any atom is -0.358 e. The molecule has 2 N–H and O–H groups in total. The molecular formula is C15H13ClN6O2S. The number of imide groups is 1. The van der Waals surface area contributed by atoms with Gasteiger partial charge in [-0.25, -0.2) is 14.3 Å². The third-order valence-electron chi connectivity index (χ3n) is 3.73. The van der Waals surface area contributed by atoms with E-state index in [-0.39, 0.29) is 18.5 Å². The Bertz CT molecular complexity index is 903. The molecule has 8 nitrogen and oxygen atoms in total. The second-order valence-electron chi connectivity index (χ2n) is 5.40. The lowest BCUT2D eigenvalue weighted by atomic mass is 10.2. The highest BCUT2D eigenvalue weighted by atomic mass is 35.5. The van der Waals surface area contributed by atoms with Gasteiger partial charge < -0.3 is 10.6 Å². The highest BCUT2D eigenvalue weighted by Gasteiger charge is 2.27. The van der Waals surface area contributed by atoms with Gasteiger partial charge in [-0.15, -0.1) is 5.10 Å². The lowest BCUT2D eigenvalue weighted by Crippen LogP contribution is -2.35. The van der Waals surface area contributed by atoms with E-state index in [0.717, 1.165) is 16.2 Å². The van der Waals surface area contributed by atoms with Gasteiger partial charge in [0.15, 0.2) is 0 Å². The quantitative estimate of drug-likeness (QED) is 0.665. The summed E-state index contributed by atoms with van der Waals surface area (Å²) in [6, 6.07) is 7.10. The van der Waals surface area contributed by atoms with E-state index in [0.29, 0.717) is 23.2 Å². The third kappa shape index (κ3) is 3.15. The van der Waals surface area contributed by atoms with Crippen LogP contribution in [-0.2, 0) is 4.79 Å². The number of urea groups is 1. The van der Waals surface area contributed by atoms with E-state index in [9.17, 15) is 9.59 Å². The number of hydrogen-bond donors (Lipinski definition) is 2. The smallest absolute Gasteiger partial charge is 0.324 e.